The minimum Gasteiger partial charge on any atom is -0.294 e. The zero-order valence-corrected chi connectivity index (χ0v) is 11.2. The molecule has 0 aromatic heterocycles. The summed E-state index contributed by atoms with van der Waals surface area (Å²) in [6.45, 7) is 0. The van der Waals surface area contributed by atoms with Crippen LogP contribution < -0.4 is 0 Å². The Morgan fingerprint density at radius 3 is 2.15 bits per heavy atom. The molecule has 1 aliphatic carbocycles. The minimum atomic E-state index is -0.0372. The molecule has 1 unspecified atom stereocenters. The van der Waals surface area contributed by atoms with E-state index in [0.717, 1.165) is 12.0 Å². The topological polar surface area (TPSA) is 17.1 Å². The number of allylic oxidation sites excluding steroid dienone is 4. The third-order valence-electron chi connectivity index (χ3n) is 3.60. The van der Waals surface area contributed by atoms with Gasteiger partial charge in [0.2, 0.25) is 0 Å². The smallest absolute Gasteiger partial charge is 0.170 e. The average Bonchev–Trinajstić information content (AvgIpc) is 2.56. The van der Waals surface area contributed by atoms with Crippen LogP contribution in [0.3, 0.4) is 0 Å². The zero-order valence-electron chi connectivity index (χ0n) is 11.2. The van der Waals surface area contributed by atoms with E-state index < -0.39 is 0 Å². The summed E-state index contributed by atoms with van der Waals surface area (Å²) in [5, 5.41) is 0. The van der Waals surface area contributed by atoms with Crippen molar-refractivity contribution in [3.63, 3.8) is 0 Å². The predicted molar refractivity (Wildman–Crippen MR) is 82.4 cm³/mol. The van der Waals surface area contributed by atoms with Gasteiger partial charge in [-0.1, -0.05) is 78.9 Å². The van der Waals surface area contributed by atoms with Crippen molar-refractivity contribution in [2.24, 2.45) is 5.92 Å². The maximum atomic E-state index is 12.4. The highest BCUT2D eigenvalue weighted by Crippen LogP contribution is 2.26. The lowest BCUT2D eigenvalue weighted by atomic mass is 9.88. The van der Waals surface area contributed by atoms with Crippen molar-refractivity contribution in [2.75, 3.05) is 0 Å². The summed E-state index contributed by atoms with van der Waals surface area (Å²) in [7, 11) is 0. The summed E-state index contributed by atoms with van der Waals surface area (Å²) >= 11 is 0. The van der Waals surface area contributed by atoms with E-state index in [1.807, 2.05) is 54.6 Å². The predicted octanol–water partition coefficient (Wildman–Crippen LogP) is 4.53. The van der Waals surface area contributed by atoms with Crippen LogP contribution in [0.5, 0.6) is 0 Å². The zero-order chi connectivity index (χ0) is 13.8. The van der Waals surface area contributed by atoms with E-state index >= 15 is 0 Å². The number of ketones is 1. The molecule has 2 aromatic carbocycles. The van der Waals surface area contributed by atoms with Gasteiger partial charge in [0.05, 0.1) is 0 Å². The first kappa shape index (κ1) is 12.6. The molecule has 0 heterocycles. The summed E-state index contributed by atoms with van der Waals surface area (Å²) in [5.74, 6) is 0.162. The van der Waals surface area contributed by atoms with Gasteiger partial charge >= 0.3 is 0 Å². The number of hydrogen-bond donors (Lipinski definition) is 0. The minimum absolute atomic E-state index is 0.0372. The average molecular weight is 260 g/mol. The van der Waals surface area contributed by atoms with Gasteiger partial charge in [0, 0.05) is 11.5 Å². The summed E-state index contributed by atoms with van der Waals surface area (Å²) in [6.07, 6.45) is 7.01. The van der Waals surface area contributed by atoms with E-state index in [0.29, 0.717) is 0 Å². The Balaban J connectivity index is 1.75. The Kier molecular flexibility index (Phi) is 3.60. The monoisotopic (exact) mass is 260 g/mol. The molecule has 0 fully saturated rings. The molecule has 1 atom stereocenters. The van der Waals surface area contributed by atoms with Crippen LogP contribution in [0.2, 0.25) is 0 Å². The van der Waals surface area contributed by atoms with Crippen LogP contribution in [0.15, 0.2) is 78.9 Å². The molecule has 0 saturated heterocycles. The number of Topliss-reactive ketones (excluding diaryl/α,β-unsaturated/α-hetero) is 1. The molecule has 0 N–H and O–H groups in total. The Hall–Kier alpha value is -2.41. The lowest BCUT2D eigenvalue weighted by Crippen LogP contribution is -2.13. The second kappa shape index (κ2) is 5.70. The molecule has 2 aromatic rings. The summed E-state index contributed by atoms with van der Waals surface area (Å²) < 4.78 is 0. The van der Waals surface area contributed by atoms with Gasteiger partial charge in [-0.05, 0) is 17.6 Å². The van der Waals surface area contributed by atoms with E-state index in [1.165, 1.54) is 11.1 Å². The largest absolute Gasteiger partial charge is 0.294 e. The van der Waals surface area contributed by atoms with Gasteiger partial charge in [-0.15, -0.1) is 0 Å². The molecule has 0 saturated carbocycles. The number of hydrogen-bond acceptors (Lipinski definition) is 1. The molecule has 0 amide bonds. The van der Waals surface area contributed by atoms with E-state index in [4.69, 9.17) is 0 Å². The van der Waals surface area contributed by atoms with Crippen molar-refractivity contribution in [1.29, 1.82) is 0 Å². The quantitative estimate of drug-likeness (QED) is 0.741. The van der Waals surface area contributed by atoms with E-state index in [2.05, 4.69) is 24.3 Å². The summed E-state index contributed by atoms with van der Waals surface area (Å²) in [5.41, 5.74) is 3.19. The number of carbonyl (C=O) groups excluding carboxylic acids is 1. The Labute approximate surface area is 119 Å². The van der Waals surface area contributed by atoms with Gasteiger partial charge < -0.3 is 0 Å². The fourth-order valence-corrected chi connectivity index (χ4v) is 2.48. The number of benzene rings is 2. The van der Waals surface area contributed by atoms with Crippen LogP contribution in [0.4, 0.5) is 0 Å². The summed E-state index contributed by atoms with van der Waals surface area (Å²) in [6, 6.07) is 19.8. The first-order valence-corrected chi connectivity index (χ1v) is 6.87. The van der Waals surface area contributed by atoms with Crippen molar-refractivity contribution < 1.29 is 4.79 Å². The molecule has 98 valence electrons. The van der Waals surface area contributed by atoms with Gasteiger partial charge in [0.1, 0.15) is 0 Å². The van der Waals surface area contributed by atoms with Crippen LogP contribution >= 0.6 is 0 Å². The second-order valence-corrected chi connectivity index (χ2v) is 4.96. The Bertz CT molecular complexity index is 651. The van der Waals surface area contributed by atoms with Crippen molar-refractivity contribution in [3.8, 4) is 0 Å². The van der Waals surface area contributed by atoms with Gasteiger partial charge in [0.25, 0.3) is 0 Å². The fourth-order valence-electron chi connectivity index (χ4n) is 2.48. The molecule has 1 nitrogen and oxygen atoms in total. The highest BCUT2D eigenvalue weighted by molar-refractivity contribution is 5.99. The maximum absolute atomic E-state index is 12.4. The molecule has 3 rings (SSSR count). The fraction of sp³-hybridized carbons (Fsp3) is 0.105. The third kappa shape index (κ3) is 2.62. The van der Waals surface area contributed by atoms with Crippen LogP contribution in [0.1, 0.15) is 22.3 Å². The first-order chi connectivity index (χ1) is 9.84. The van der Waals surface area contributed by atoms with Crippen LogP contribution in [-0.4, -0.2) is 5.78 Å². The van der Waals surface area contributed by atoms with Gasteiger partial charge in [-0.2, -0.15) is 0 Å². The Morgan fingerprint density at radius 1 is 0.900 bits per heavy atom. The van der Waals surface area contributed by atoms with Crippen LogP contribution in [0, 0.1) is 5.92 Å². The van der Waals surface area contributed by atoms with Crippen molar-refractivity contribution in [2.45, 2.75) is 6.42 Å². The molecule has 0 spiro atoms. The SMILES string of the molecule is O=C(c1ccccc1)C1C=CC(c2ccccc2)=CC1. The molecule has 0 radical (unpaired) electrons. The van der Waals surface area contributed by atoms with Gasteiger partial charge in [-0.3, -0.25) is 4.79 Å². The van der Waals surface area contributed by atoms with E-state index in [-0.39, 0.29) is 11.7 Å². The van der Waals surface area contributed by atoms with Crippen molar-refractivity contribution in [3.05, 3.63) is 90.0 Å². The first-order valence-electron chi connectivity index (χ1n) is 6.87. The molecule has 0 aliphatic heterocycles. The lowest BCUT2D eigenvalue weighted by Gasteiger charge is -2.15. The Morgan fingerprint density at radius 2 is 1.55 bits per heavy atom. The highest BCUT2D eigenvalue weighted by atomic mass is 16.1. The standard InChI is InChI=1S/C19H16O/c20-19(17-9-5-2-6-10-17)18-13-11-16(12-14-18)15-7-3-1-4-8-15/h1-13,18H,14H2. The van der Waals surface area contributed by atoms with Crippen molar-refractivity contribution in [1.82, 2.24) is 0 Å². The molecule has 0 bridgehead atoms. The number of carbonyl (C=O) groups is 1. The lowest BCUT2D eigenvalue weighted by molar-refractivity contribution is 0.0945. The van der Waals surface area contributed by atoms with Crippen molar-refractivity contribution >= 4 is 11.4 Å². The van der Waals surface area contributed by atoms with Crippen LogP contribution in [-0.2, 0) is 0 Å². The van der Waals surface area contributed by atoms with E-state index in [1.54, 1.807) is 0 Å². The molecule has 1 heteroatoms. The van der Waals surface area contributed by atoms with Gasteiger partial charge in [-0.25, -0.2) is 0 Å². The molecular weight excluding hydrogens is 244 g/mol. The maximum Gasteiger partial charge on any atom is 0.170 e. The summed E-state index contributed by atoms with van der Waals surface area (Å²) in [4.78, 5) is 12.4. The highest BCUT2D eigenvalue weighted by Gasteiger charge is 2.18. The van der Waals surface area contributed by atoms with Crippen LogP contribution in [0.25, 0.3) is 5.57 Å². The molecule has 1 aliphatic rings. The normalized spacial score (nSPS) is 17.6. The molecule has 20 heavy (non-hydrogen) atoms. The van der Waals surface area contributed by atoms with Gasteiger partial charge in [0.15, 0.2) is 5.78 Å². The molecular formula is C19H16O. The third-order valence-corrected chi connectivity index (χ3v) is 3.60. The second-order valence-electron chi connectivity index (χ2n) is 4.96. The number of rotatable bonds is 3. The van der Waals surface area contributed by atoms with E-state index in [9.17, 15) is 4.79 Å².